The van der Waals surface area contributed by atoms with E-state index in [0.29, 0.717) is 12.1 Å². The van der Waals surface area contributed by atoms with Crippen LogP contribution in [0.1, 0.15) is 43.0 Å². The molecule has 0 radical (unpaired) electrons. The first-order chi connectivity index (χ1) is 13.6. The molecule has 1 amide bonds. The molecule has 1 aliphatic rings. The minimum atomic E-state index is -0.133. The molecule has 1 aromatic carbocycles. The zero-order valence-electron chi connectivity index (χ0n) is 16.5. The first kappa shape index (κ1) is 18.5. The summed E-state index contributed by atoms with van der Waals surface area (Å²) in [6.07, 6.45) is 8.64. The van der Waals surface area contributed by atoms with Gasteiger partial charge in [0.15, 0.2) is 0 Å². The van der Waals surface area contributed by atoms with Gasteiger partial charge in [0.2, 0.25) is 5.91 Å². The minimum absolute atomic E-state index is 0.0249. The molecule has 1 aliphatic carbocycles. The van der Waals surface area contributed by atoms with Crippen LogP contribution in [0.4, 0.5) is 5.69 Å². The summed E-state index contributed by atoms with van der Waals surface area (Å²) in [7, 11) is 0. The summed E-state index contributed by atoms with van der Waals surface area (Å²) in [6, 6.07) is 7.87. The van der Waals surface area contributed by atoms with Crippen molar-refractivity contribution in [3.05, 3.63) is 63.8 Å². The van der Waals surface area contributed by atoms with Crippen LogP contribution in [0.15, 0.2) is 41.5 Å². The normalized spacial score (nSPS) is 13.9. The van der Waals surface area contributed by atoms with Gasteiger partial charge >= 0.3 is 0 Å². The molecule has 0 saturated heterocycles. The van der Waals surface area contributed by atoms with Gasteiger partial charge in [-0.15, -0.1) is 0 Å². The molecule has 0 spiro atoms. The van der Waals surface area contributed by atoms with Crippen LogP contribution in [-0.2, 0) is 24.2 Å². The Kier molecular flexibility index (Phi) is 5.03. The maximum absolute atomic E-state index is 13.1. The number of likely N-dealkylation sites (N-methyl/N-ethyl adjacent to an activating group) is 1. The molecule has 6 nitrogen and oxygen atoms in total. The Bertz CT molecular complexity index is 1080. The molecule has 146 valence electrons. The molecule has 0 N–H and O–H groups in total. The number of hydrogen-bond donors (Lipinski definition) is 0. The molecule has 28 heavy (non-hydrogen) atoms. The SMILES string of the molecule is CCN(C(=O)Cn1ccn2nc3c(c2c1=O)CCCCC3)c1cccc(C)c1. The number of hydrogen-bond acceptors (Lipinski definition) is 3. The van der Waals surface area contributed by atoms with Gasteiger partial charge < -0.3 is 9.47 Å². The van der Waals surface area contributed by atoms with Crippen LogP contribution in [0.5, 0.6) is 0 Å². The fourth-order valence-electron chi connectivity index (χ4n) is 4.09. The molecule has 6 heteroatoms. The van der Waals surface area contributed by atoms with Crippen LogP contribution in [0.3, 0.4) is 0 Å². The average Bonchev–Trinajstić information content (AvgIpc) is 2.87. The van der Waals surface area contributed by atoms with Gasteiger partial charge in [-0.2, -0.15) is 5.10 Å². The van der Waals surface area contributed by atoms with Crippen molar-refractivity contribution >= 4 is 17.1 Å². The van der Waals surface area contributed by atoms with Crippen molar-refractivity contribution in [2.45, 2.75) is 52.5 Å². The Morgan fingerprint density at radius 2 is 2.00 bits per heavy atom. The second-order valence-corrected chi connectivity index (χ2v) is 7.49. The van der Waals surface area contributed by atoms with Crippen LogP contribution < -0.4 is 10.5 Å². The molecule has 2 aromatic heterocycles. The van der Waals surface area contributed by atoms with Gasteiger partial charge in [-0.1, -0.05) is 18.6 Å². The maximum atomic E-state index is 13.1. The van der Waals surface area contributed by atoms with Crippen molar-refractivity contribution in [1.29, 1.82) is 0 Å². The third-order valence-corrected chi connectivity index (χ3v) is 5.52. The maximum Gasteiger partial charge on any atom is 0.277 e. The van der Waals surface area contributed by atoms with Crippen molar-refractivity contribution in [2.24, 2.45) is 0 Å². The van der Waals surface area contributed by atoms with E-state index < -0.39 is 0 Å². The number of aryl methyl sites for hydroxylation is 3. The monoisotopic (exact) mass is 378 g/mol. The molecule has 0 saturated carbocycles. The van der Waals surface area contributed by atoms with E-state index in [9.17, 15) is 9.59 Å². The first-order valence-corrected chi connectivity index (χ1v) is 10.0. The third kappa shape index (κ3) is 3.35. The molecule has 0 atom stereocenters. The van der Waals surface area contributed by atoms with Gasteiger partial charge in [0.1, 0.15) is 12.1 Å². The van der Waals surface area contributed by atoms with E-state index in [4.69, 9.17) is 0 Å². The van der Waals surface area contributed by atoms with Gasteiger partial charge in [0.25, 0.3) is 5.56 Å². The molecular weight excluding hydrogens is 352 g/mol. The zero-order chi connectivity index (χ0) is 19.7. The van der Waals surface area contributed by atoms with Gasteiger partial charge in [-0.3, -0.25) is 9.59 Å². The number of amides is 1. The number of rotatable bonds is 4. The van der Waals surface area contributed by atoms with Gasteiger partial charge in [-0.05, 0) is 57.2 Å². The van der Waals surface area contributed by atoms with Crippen LogP contribution in [0.25, 0.3) is 5.52 Å². The number of nitrogens with zero attached hydrogens (tertiary/aromatic N) is 4. The third-order valence-electron chi connectivity index (χ3n) is 5.52. The lowest BCUT2D eigenvalue weighted by molar-refractivity contribution is -0.119. The highest BCUT2D eigenvalue weighted by molar-refractivity contribution is 5.93. The highest BCUT2D eigenvalue weighted by Gasteiger charge is 2.20. The Hall–Kier alpha value is -2.89. The minimum Gasteiger partial charge on any atom is -0.311 e. The highest BCUT2D eigenvalue weighted by atomic mass is 16.2. The Labute approximate surface area is 164 Å². The number of benzene rings is 1. The predicted molar refractivity (Wildman–Crippen MR) is 110 cm³/mol. The summed E-state index contributed by atoms with van der Waals surface area (Å²) < 4.78 is 3.21. The van der Waals surface area contributed by atoms with Crippen LogP contribution >= 0.6 is 0 Å². The summed E-state index contributed by atoms with van der Waals surface area (Å²) in [4.78, 5) is 27.8. The molecular formula is C22H26N4O2. The first-order valence-electron chi connectivity index (χ1n) is 10.0. The fourth-order valence-corrected chi connectivity index (χ4v) is 4.09. The zero-order valence-corrected chi connectivity index (χ0v) is 16.5. The molecule has 0 aliphatic heterocycles. The second kappa shape index (κ2) is 7.62. The lowest BCUT2D eigenvalue weighted by atomic mass is 10.1. The van der Waals surface area contributed by atoms with Crippen LogP contribution in [-0.4, -0.2) is 26.6 Å². The standard InChI is InChI=1S/C22H26N4O2/c1-3-25(17-9-7-8-16(2)14-17)20(27)15-24-12-13-26-21(22(24)28)18-10-5-4-6-11-19(18)23-26/h7-9,12-14H,3-6,10-11,15H2,1-2H3. The summed E-state index contributed by atoms with van der Waals surface area (Å²) in [5.41, 5.74) is 4.56. The van der Waals surface area contributed by atoms with Crippen LogP contribution in [0, 0.1) is 6.92 Å². The van der Waals surface area contributed by atoms with Crippen LogP contribution in [0.2, 0.25) is 0 Å². The van der Waals surface area contributed by atoms with Crippen molar-refractivity contribution in [3.8, 4) is 0 Å². The van der Waals surface area contributed by atoms with E-state index in [1.165, 1.54) is 11.0 Å². The van der Waals surface area contributed by atoms with Crippen molar-refractivity contribution < 1.29 is 4.79 Å². The van der Waals surface area contributed by atoms with E-state index in [1.807, 2.05) is 38.1 Å². The highest BCUT2D eigenvalue weighted by Crippen LogP contribution is 2.22. The lowest BCUT2D eigenvalue weighted by Crippen LogP contribution is -2.36. The Balaban J connectivity index is 1.67. The summed E-state index contributed by atoms with van der Waals surface area (Å²) in [6.45, 7) is 4.53. The number of fused-ring (bicyclic) bond motifs is 3. The largest absolute Gasteiger partial charge is 0.311 e. The Morgan fingerprint density at radius 3 is 2.79 bits per heavy atom. The smallest absolute Gasteiger partial charge is 0.277 e. The number of carbonyl (C=O) groups excluding carboxylic acids is 1. The molecule has 3 aromatic rings. The van der Waals surface area contributed by atoms with E-state index in [1.54, 1.807) is 21.8 Å². The number of anilines is 1. The molecule has 2 heterocycles. The second-order valence-electron chi connectivity index (χ2n) is 7.49. The summed E-state index contributed by atoms with van der Waals surface area (Å²) >= 11 is 0. The van der Waals surface area contributed by atoms with E-state index in [-0.39, 0.29) is 18.0 Å². The quantitative estimate of drug-likeness (QED) is 0.656. The molecule has 4 rings (SSSR count). The number of aromatic nitrogens is 3. The van der Waals surface area contributed by atoms with Crippen molar-refractivity contribution in [2.75, 3.05) is 11.4 Å². The lowest BCUT2D eigenvalue weighted by Gasteiger charge is -2.22. The van der Waals surface area contributed by atoms with E-state index >= 15 is 0 Å². The number of carbonyl (C=O) groups is 1. The molecule has 0 unspecified atom stereocenters. The van der Waals surface area contributed by atoms with Gasteiger partial charge in [-0.25, -0.2) is 4.52 Å². The van der Waals surface area contributed by atoms with Crippen molar-refractivity contribution in [1.82, 2.24) is 14.2 Å². The van der Waals surface area contributed by atoms with Gasteiger partial charge in [0, 0.05) is 30.2 Å². The van der Waals surface area contributed by atoms with Crippen molar-refractivity contribution in [3.63, 3.8) is 0 Å². The summed E-state index contributed by atoms with van der Waals surface area (Å²) in [5.74, 6) is -0.0924. The Morgan fingerprint density at radius 1 is 1.18 bits per heavy atom. The van der Waals surface area contributed by atoms with E-state index in [0.717, 1.165) is 48.2 Å². The predicted octanol–water partition coefficient (Wildman–Crippen LogP) is 3.13. The van der Waals surface area contributed by atoms with Gasteiger partial charge in [0.05, 0.1) is 5.69 Å². The van der Waals surface area contributed by atoms with E-state index in [2.05, 4.69) is 5.10 Å². The summed E-state index contributed by atoms with van der Waals surface area (Å²) in [5, 5.41) is 4.61. The molecule has 0 fully saturated rings. The average molecular weight is 378 g/mol. The fraction of sp³-hybridized carbons (Fsp3) is 0.409. The molecule has 0 bridgehead atoms. The topological polar surface area (TPSA) is 59.6 Å².